The fourth-order valence-corrected chi connectivity index (χ4v) is 1.92. The van der Waals surface area contributed by atoms with Crippen LogP contribution in [-0.2, 0) is 12.7 Å². The highest BCUT2D eigenvalue weighted by Gasteiger charge is 2.36. The summed E-state index contributed by atoms with van der Waals surface area (Å²) in [6, 6.07) is 6.97. The Kier molecular flexibility index (Phi) is 4.01. The molecular weight excluding hydrogens is 279 g/mol. The van der Waals surface area contributed by atoms with Gasteiger partial charge in [-0.2, -0.15) is 22.5 Å². The lowest BCUT2D eigenvalue weighted by atomic mass is 10.2. The van der Waals surface area contributed by atoms with Gasteiger partial charge >= 0.3 is 6.18 Å². The molecular formula is C11H10F3N3OS. The fraction of sp³-hybridized carbons (Fsp3) is 0.273. The summed E-state index contributed by atoms with van der Waals surface area (Å²) in [5, 5.41) is 2.86. The van der Waals surface area contributed by atoms with Gasteiger partial charge in [0.2, 0.25) is 0 Å². The van der Waals surface area contributed by atoms with Gasteiger partial charge in [0.1, 0.15) is 5.75 Å². The maximum Gasteiger partial charge on any atom is 0.452 e. The van der Waals surface area contributed by atoms with Crippen LogP contribution < -0.4 is 10.1 Å². The first-order chi connectivity index (χ1) is 8.99. The molecule has 0 atom stereocenters. The molecule has 0 amide bonds. The molecule has 0 aliphatic carbocycles. The summed E-state index contributed by atoms with van der Waals surface area (Å²) < 4.78 is 45.3. The summed E-state index contributed by atoms with van der Waals surface area (Å²) in [4.78, 5) is 3.28. The van der Waals surface area contributed by atoms with Crippen LogP contribution in [0.15, 0.2) is 24.3 Å². The van der Waals surface area contributed by atoms with Gasteiger partial charge in [-0.3, -0.25) is 0 Å². The minimum absolute atomic E-state index is 0.131. The third-order valence-corrected chi connectivity index (χ3v) is 2.77. The average Bonchev–Trinajstić information content (AvgIpc) is 2.80. The number of hydrogen-bond donors (Lipinski definition) is 1. The summed E-state index contributed by atoms with van der Waals surface area (Å²) >= 11 is 0.570. The third kappa shape index (κ3) is 3.65. The Labute approximate surface area is 111 Å². The van der Waals surface area contributed by atoms with Crippen molar-refractivity contribution in [3.8, 4) is 10.9 Å². The first kappa shape index (κ1) is 13.8. The molecule has 1 aromatic heterocycles. The van der Waals surface area contributed by atoms with E-state index in [2.05, 4.69) is 14.7 Å². The Balaban J connectivity index is 2.06. The predicted molar refractivity (Wildman–Crippen MR) is 64.2 cm³/mol. The maximum absolute atomic E-state index is 12.3. The smallest absolute Gasteiger partial charge is 0.430 e. The summed E-state index contributed by atoms with van der Waals surface area (Å²) in [6.07, 6.45) is -4.55. The van der Waals surface area contributed by atoms with E-state index in [1.807, 2.05) is 19.2 Å². The molecule has 0 fully saturated rings. The van der Waals surface area contributed by atoms with E-state index in [1.54, 1.807) is 12.1 Å². The molecule has 0 radical (unpaired) electrons. The number of benzene rings is 1. The second-order valence-electron chi connectivity index (χ2n) is 3.66. The molecule has 1 aromatic carbocycles. The fourth-order valence-electron chi connectivity index (χ4n) is 1.35. The average molecular weight is 289 g/mol. The first-order valence-corrected chi connectivity index (χ1v) is 6.08. The topological polar surface area (TPSA) is 47.0 Å². The van der Waals surface area contributed by atoms with Crippen LogP contribution in [0.25, 0.3) is 0 Å². The zero-order valence-corrected chi connectivity index (χ0v) is 10.7. The first-order valence-electron chi connectivity index (χ1n) is 5.31. The van der Waals surface area contributed by atoms with E-state index in [4.69, 9.17) is 4.74 Å². The van der Waals surface area contributed by atoms with E-state index in [0.717, 1.165) is 5.56 Å². The summed E-state index contributed by atoms with van der Waals surface area (Å²) in [5.74, 6) is -0.760. The van der Waals surface area contributed by atoms with Crippen molar-refractivity contribution in [3.63, 3.8) is 0 Å². The SMILES string of the molecule is CNCc1ccc(Oc2nc(C(F)(F)F)ns2)cc1. The molecule has 0 aliphatic rings. The van der Waals surface area contributed by atoms with E-state index in [-0.39, 0.29) is 5.19 Å². The number of aromatic nitrogens is 2. The molecule has 0 saturated carbocycles. The number of nitrogens with one attached hydrogen (secondary N) is 1. The van der Waals surface area contributed by atoms with Gasteiger partial charge < -0.3 is 10.1 Å². The van der Waals surface area contributed by atoms with Crippen LogP contribution in [0.5, 0.6) is 10.9 Å². The second kappa shape index (κ2) is 5.54. The Morgan fingerprint density at radius 1 is 1.26 bits per heavy atom. The lowest BCUT2D eigenvalue weighted by molar-refractivity contribution is -0.144. The minimum Gasteiger partial charge on any atom is -0.430 e. The van der Waals surface area contributed by atoms with E-state index in [0.29, 0.717) is 23.8 Å². The van der Waals surface area contributed by atoms with Gasteiger partial charge in [-0.05, 0) is 24.7 Å². The normalized spacial score (nSPS) is 11.6. The lowest BCUT2D eigenvalue weighted by Gasteiger charge is -2.03. The predicted octanol–water partition coefficient (Wildman–Crippen LogP) is 3.07. The van der Waals surface area contributed by atoms with Gasteiger partial charge in [-0.1, -0.05) is 12.1 Å². The minimum atomic E-state index is -4.55. The van der Waals surface area contributed by atoms with Crippen molar-refractivity contribution in [2.45, 2.75) is 12.7 Å². The molecule has 0 saturated heterocycles. The molecule has 0 unspecified atom stereocenters. The van der Waals surface area contributed by atoms with E-state index in [9.17, 15) is 13.2 Å². The summed E-state index contributed by atoms with van der Waals surface area (Å²) in [7, 11) is 1.82. The van der Waals surface area contributed by atoms with Crippen LogP contribution in [0, 0.1) is 0 Å². The van der Waals surface area contributed by atoms with E-state index in [1.165, 1.54) is 0 Å². The summed E-state index contributed by atoms with van der Waals surface area (Å²) in [6.45, 7) is 0.706. The lowest BCUT2D eigenvalue weighted by Crippen LogP contribution is -2.06. The molecule has 102 valence electrons. The number of hydrogen-bond acceptors (Lipinski definition) is 5. The van der Waals surface area contributed by atoms with Gasteiger partial charge in [0.25, 0.3) is 11.0 Å². The molecule has 8 heteroatoms. The monoisotopic (exact) mass is 289 g/mol. The highest BCUT2D eigenvalue weighted by molar-refractivity contribution is 7.07. The quantitative estimate of drug-likeness (QED) is 0.939. The molecule has 4 nitrogen and oxygen atoms in total. The van der Waals surface area contributed by atoms with Crippen molar-refractivity contribution >= 4 is 11.5 Å². The Hall–Kier alpha value is -1.67. The van der Waals surface area contributed by atoms with Gasteiger partial charge in [0.15, 0.2) is 0 Å². The van der Waals surface area contributed by atoms with Crippen LogP contribution in [-0.4, -0.2) is 16.4 Å². The van der Waals surface area contributed by atoms with Crippen LogP contribution in [0.4, 0.5) is 13.2 Å². The highest BCUT2D eigenvalue weighted by Crippen LogP contribution is 2.31. The van der Waals surface area contributed by atoms with E-state index < -0.39 is 12.0 Å². The Bertz CT molecular complexity index is 539. The molecule has 2 aromatic rings. The van der Waals surface area contributed by atoms with Crippen LogP contribution in [0.3, 0.4) is 0 Å². The molecule has 0 spiro atoms. The number of alkyl halides is 3. The van der Waals surface area contributed by atoms with Crippen molar-refractivity contribution in [2.24, 2.45) is 0 Å². The number of halogens is 3. The van der Waals surface area contributed by atoms with Crippen LogP contribution in [0.2, 0.25) is 0 Å². The van der Waals surface area contributed by atoms with Crippen LogP contribution in [0.1, 0.15) is 11.4 Å². The highest BCUT2D eigenvalue weighted by atomic mass is 32.1. The molecule has 1 N–H and O–H groups in total. The number of ether oxygens (including phenoxy) is 1. The van der Waals surface area contributed by atoms with Gasteiger partial charge in [0.05, 0.1) is 0 Å². The molecule has 19 heavy (non-hydrogen) atoms. The van der Waals surface area contributed by atoms with Gasteiger partial charge in [-0.15, -0.1) is 0 Å². The zero-order chi connectivity index (χ0) is 13.9. The number of nitrogens with zero attached hydrogens (tertiary/aromatic N) is 2. The standard InChI is InChI=1S/C11H10F3N3OS/c1-15-6-7-2-4-8(5-3-7)18-10-16-9(17-19-10)11(12,13)14/h2-5,15H,6H2,1H3. The molecule has 0 aliphatic heterocycles. The Morgan fingerprint density at radius 2 is 1.95 bits per heavy atom. The number of rotatable bonds is 4. The molecule has 2 rings (SSSR count). The van der Waals surface area contributed by atoms with Crippen molar-refractivity contribution in [3.05, 3.63) is 35.7 Å². The van der Waals surface area contributed by atoms with Crippen molar-refractivity contribution in [1.29, 1.82) is 0 Å². The van der Waals surface area contributed by atoms with Gasteiger partial charge in [-0.25, -0.2) is 0 Å². The van der Waals surface area contributed by atoms with Crippen molar-refractivity contribution in [1.82, 2.24) is 14.7 Å². The molecule has 0 bridgehead atoms. The van der Waals surface area contributed by atoms with Crippen molar-refractivity contribution in [2.75, 3.05) is 7.05 Å². The molecule has 1 heterocycles. The maximum atomic E-state index is 12.3. The largest absolute Gasteiger partial charge is 0.452 e. The second-order valence-corrected chi connectivity index (χ2v) is 4.37. The zero-order valence-electron chi connectivity index (χ0n) is 9.86. The van der Waals surface area contributed by atoms with Gasteiger partial charge in [0, 0.05) is 18.1 Å². The Morgan fingerprint density at radius 3 is 2.47 bits per heavy atom. The van der Waals surface area contributed by atoms with Crippen LogP contribution >= 0.6 is 11.5 Å². The van der Waals surface area contributed by atoms with Crippen molar-refractivity contribution < 1.29 is 17.9 Å². The third-order valence-electron chi connectivity index (χ3n) is 2.17. The van der Waals surface area contributed by atoms with E-state index >= 15 is 0 Å². The summed E-state index contributed by atoms with van der Waals surface area (Å²) in [5.41, 5.74) is 1.04.